The highest BCUT2D eigenvalue weighted by atomic mass is 35.5. The van der Waals surface area contributed by atoms with Crippen LogP contribution in [-0.2, 0) is 0 Å². The van der Waals surface area contributed by atoms with Crippen molar-refractivity contribution in [2.75, 3.05) is 0 Å². The number of aromatic nitrogens is 3. The van der Waals surface area contributed by atoms with E-state index in [1.54, 1.807) is 13.0 Å². The van der Waals surface area contributed by atoms with Gasteiger partial charge in [-0.2, -0.15) is 0 Å². The Balaban J connectivity index is 1.84. The molecule has 3 aromatic rings. The lowest BCUT2D eigenvalue weighted by Crippen LogP contribution is -2.41. The number of carbonyl (C=O) groups is 2. The maximum atomic E-state index is 12.6. The van der Waals surface area contributed by atoms with Gasteiger partial charge in [-0.05, 0) is 31.0 Å². The number of hydrazine groups is 1. The summed E-state index contributed by atoms with van der Waals surface area (Å²) in [6.07, 6.45) is 1.31. The Kier molecular flexibility index (Phi) is 4.85. The van der Waals surface area contributed by atoms with Gasteiger partial charge in [-0.1, -0.05) is 30.6 Å². The second-order valence-corrected chi connectivity index (χ2v) is 6.36. The predicted molar refractivity (Wildman–Crippen MR) is 94.8 cm³/mol. The van der Waals surface area contributed by atoms with E-state index in [-0.39, 0.29) is 22.3 Å². The van der Waals surface area contributed by atoms with E-state index in [0.29, 0.717) is 22.3 Å². The van der Waals surface area contributed by atoms with E-state index in [2.05, 4.69) is 26.0 Å². The number of hydrogen-bond acceptors (Lipinski definition) is 6. The first kappa shape index (κ1) is 17.8. The average molecular weight is 374 g/mol. The molecule has 0 aliphatic carbocycles. The number of halogens is 1. The van der Waals surface area contributed by atoms with Gasteiger partial charge in [-0.15, -0.1) is 0 Å². The van der Waals surface area contributed by atoms with Crippen LogP contribution in [0.5, 0.6) is 0 Å². The Morgan fingerprint density at radius 2 is 1.92 bits per heavy atom. The third-order valence-electron chi connectivity index (χ3n) is 3.75. The molecule has 0 aromatic carbocycles. The SMILES string of the molecule is Cc1noc2nc(C(C)C)cc(C(=O)NNC(=O)c3ccc(Cl)nc3)c12. The Hall–Kier alpha value is -3.00. The van der Waals surface area contributed by atoms with Crippen molar-refractivity contribution < 1.29 is 14.1 Å². The van der Waals surface area contributed by atoms with E-state index in [1.807, 2.05) is 13.8 Å². The Morgan fingerprint density at radius 3 is 2.58 bits per heavy atom. The van der Waals surface area contributed by atoms with Crippen LogP contribution in [0, 0.1) is 6.92 Å². The molecular formula is C17H16ClN5O3. The molecule has 3 heterocycles. The van der Waals surface area contributed by atoms with Gasteiger partial charge in [-0.25, -0.2) is 9.97 Å². The number of amides is 2. The van der Waals surface area contributed by atoms with E-state index >= 15 is 0 Å². The topological polar surface area (TPSA) is 110 Å². The molecule has 0 atom stereocenters. The van der Waals surface area contributed by atoms with Crippen molar-refractivity contribution in [3.63, 3.8) is 0 Å². The first-order chi connectivity index (χ1) is 12.4. The molecule has 0 radical (unpaired) electrons. The molecule has 3 aromatic heterocycles. The van der Waals surface area contributed by atoms with Crippen molar-refractivity contribution in [3.05, 3.63) is 52.1 Å². The highest BCUT2D eigenvalue weighted by Crippen LogP contribution is 2.24. The number of hydrogen-bond donors (Lipinski definition) is 2. The highest BCUT2D eigenvalue weighted by molar-refractivity contribution is 6.29. The minimum Gasteiger partial charge on any atom is -0.336 e. The van der Waals surface area contributed by atoms with Crippen LogP contribution < -0.4 is 10.9 Å². The predicted octanol–water partition coefficient (Wildman–Crippen LogP) is 2.78. The molecule has 0 bridgehead atoms. The van der Waals surface area contributed by atoms with Crippen molar-refractivity contribution in [2.24, 2.45) is 0 Å². The van der Waals surface area contributed by atoms with E-state index in [9.17, 15) is 9.59 Å². The normalized spacial score (nSPS) is 11.0. The fourth-order valence-electron chi connectivity index (χ4n) is 2.35. The van der Waals surface area contributed by atoms with Crippen molar-refractivity contribution in [1.82, 2.24) is 26.0 Å². The summed E-state index contributed by atoms with van der Waals surface area (Å²) < 4.78 is 5.19. The molecule has 3 rings (SSSR count). The van der Waals surface area contributed by atoms with Crippen molar-refractivity contribution in [1.29, 1.82) is 0 Å². The van der Waals surface area contributed by atoms with Gasteiger partial charge in [0.15, 0.2) is 0 Å². The number of aryl methyl sites for hydroxylation is 1. The molecule has 134 valence electrons. The van der Waals surface area contributed by atoms with Gasteiger partial charge in [0.2, 0.25) is 0 Å². The maximum absolute atomic E-state index is 12.6. The van der Waals surface area contributed by atoms with Crippen LogP contribution in [0.15, 0.2) is 28.9 Å². The Labute approximate surface area is 153 Å². The molecule has 0 aliphatic heterocycles. The fourth-order valence-corrected chi connectivity index (χ4v) is 2.46. The van der Waals surface area contributed by atoms with Crippen LogP contribution in [0.1, 0.15) is 51.9 Å². The van der Waals surface area contributed by atoms with E-state index in [0.717, 1.165) is 0 Å². The summed E-state index contributed by atoms with van der Waals surface area (Å²) >= 11 is 5.69. The van der Waals surface area contributed by atoms with Crippen LogP contribution in [0.3, 0.4) is 0 Å². The van der Waals surface area contributed by atoms with Gasteiger partial charge in [-0.3, -0.25) is 20.4 Å². The Morgan fingerprint density at radius 1 is 1.19 bits per heavy atom. The van der Waals surface area contributed by atoms with Crippen molar-refractivity contribution in [2.45, 2.75) is 26.7 Å². The summed E-state index contributed by atoms with van der Waals surface area (Å²) in [4.78, 5) is 32.9. The molecule has 0 spiro atoms. The molecule has 0 saturated heterocycles. The summed E-state index contributed by atoms with van der Waals surface area (Å²) in [6, 6.07) is 4.66. The lowest BCUT2D eigenvalue weighted by Gasteiger charge is -2.10. The molecule has 0 aliphatic rings. The number of rotatable bonds is 3. The zero-order valence-corrected chi connectivity index (χ0v) is 15.1. The summed E-state index contributed by atoms with van der Waals surface area (Å²) in [6.45, 7) is 5.63. The number of nitrogens with one attached hydrogen (secondary N) is 2. The number of nitrogens with zero attached hydrogens (tertiary/aromatic N) is 3. The lowest BCUT2D eigenvalue weighted by molar-refractivity contribution is 0.0847. The average Bonchev–Trinajstić information content (AvgIpc) is 3.00. The molecule has 0 saturated carbocycles. The molecular weight excluding hydrogens is 358 g/mol. The molecule has 2 amide bonds. The Bertz CT molecular complexity index is 982. The third kappa shape index (κ3) is 3.50. The van der Waals surface area contributed by atoms with Crippen LogP contribution in [0.4, 0.5) is 0 Å². The van der Waals surface area contributed by atoms with Gasteiger partial charge in [0.25, 0.3) is 17.5 Å². The smallest absolute Gasteiger partial charge is 0.271 e. The third-order valence-corrected chi connectivity index (χ3v) is 3.98. The van der Waals surface area contributed by atoms with Gasteiger partial charge in [0.1, 0.15) is 5.15 Å². The zero-order valence-electron chi connectivity index (χ0n) is 14.3. The summed E-state index contributed by atoms with van der Waals surface area (Å²) in [7, 11) is 0. The summed E-state index contributed by atoms with van der Waals surface area (Å²) in [5.41, 5.74) is 6.84. The quantitative estimate of drug-likeness (QED) is 0.539. The van der Waals surface area contributed by atoms with Gasteiger partial charge < -0.3 is 4.52 Å². The highest BCUT2D eigenvalue weighted by Gasteiger charge is 2.20. The lowest BCUT2D eigenvalue weighted by atomic mass is 10.0. The van der Waals surface area contributed by atoms with Crippen LogP contribution in [-0.4, -0.2) is 26.9 Å². The largest absolute Gasteiger partial charge is 0.336 e. The van der Waals surface area contributed by atoms with E-state index < -0.39 is 11.8 Å². The van der Waals surface area contributed by atoms with Crippen LogP contribution in [0.25, 0.3) is 11.1 Å². The molecule has 26 heavy (non-hydrogen) atoms. The first-order valence-electron chi connectivity index (χ1n) is 7.86. The number of carbonyl (C=O) groups excluding carboxylic acids is 2. The number of pyridine rings is 2. The fraction of sp³-hybridized carbons (Fsp3) is 0.235. The monoisotopic (exact) mass is 373 g/mol. The standard InChI is InChI=1S/C17H16ClN5O3/c1-8(2)12-6-11(14-9(3)23-26-17(14)20-12)16(25)22-21-15(24)10-4-5-13(18)19-7-10/h4-8H,1-3H3,(H,21,24)(H,22,25). The minimum atomic E-state index is -0.515. The van der Waals surface area contributed by atoms with Gasteiger partial charge in [0.05, 0.1) is 22.2 Å². The molecule has 8 nitrogen and oxygen atoms in total. The molecule has 9 heteroatoms. The molecule has 0 unspecified atom stereocenters. The van der Waals surface area contributed by atoms with Gasteiger partial charge >= 0.3 is 0 Å². The molecule has 2 N–H and O–H groups in total. The van der Waals surface area contributed by atoms with Gasteiger partial charge in [0, 0.05) is 11.9 Å². The van der Waals surface area contributed by atoms with E-state index in [4.69, 9.17) is 16.1 Å². The van der Waals surface area contributed by atoms with Crippen molar-refractivity contribution in [3.8, 4) is 0 Å². The van der Waals surface area contributed by atoms with E-state index in [1.165, 1.54) is 18.3 Å². The second kappa shape index (κ2) is 7.09. The minimum absolute atomic E-state index is 0.0890. The zero-order chi connectivity index (χ0) is 18.8. The maximum Gasteiger partial charge on any atom is 0.271 e. The van der Waals surface area contributed by atoms with Crippen LogP contribution in [0.2, 0.25) is 5.15 Å². The van der Waals surface area contributed by atoms with Crippen molar-refractivity contribution >= 4 is 34.5 Å². The molecule has 0 fully saturated rings. The summed E-state index contributed by atoms with van der Waals surface area (Å²) in [5.74, 6) is -0.925. The first-order valence-corrected chi connectivity index (χ1v) is 8.23. The number of fused-ring (bicyclic) bond motifs is 1. The van der Waals surface area contributed by atoms with Crippen LogP contribution >= 0.6 is 11.6 Å². The summed E-state index contributed by atoms with van der Waals surface area (Å²) in [5, 5.41) is 4.65. The second-order valence-electron chi connectivity index (χ2n) is 5.98.